The number of hydrogen-bond donors (Lipinski definition) is 0. The van der Waals surface area contributed by atoms with Gasteiger partial charge in [-0.2, -0.15) is 0 Å². The molecule has 0 bridgehead atoms. The highest BCUT2D eigenvalue weighted by Gasteiger charge is 2.64. The predicted molar refractivity (Wildman–Crippen MR) is 104 cm³/mol. The van der Waals surface area contributed by atoms with Crippen LogP contribution < -0.4 is 0 Å². The Morgan fingerprint density at radius 1 is 0.778 bits per heavy atom. The SMILES string of the molecule is CC1(C)OB(B2OC(C)(C)C(C)(Cc3c(F)cc(Br)cc3F)O2)OC1(C)C. The van der Waals surface area contributed by atoms with Crippen molar-refractivity contribution in [1.29, 1.82) is 0 Å². The van der Waals surface area contributed by atoms with Crippen molar-refractivity contribution in [3.8, 4) is 0 Å². The monoisotopic (exact) mass is 444 g/mol. The van der Waals surface area contributed by atoms with Gasteiger partial charge in [-0.25, -0.2) is 8.78 Å². The Balaban J connectivity index is 1.85. The van der Waals surface area contributed by atoms with E-state index in [9.17, 15) is 8.78 Å². The molecule has 0 aromatic heterocycles. The topological polar surface area (TPSA) is 36.9 Å². The zero-order valence-electron chi connectivity index (χ0n) is 16.8. The Hall–Kier alpha value is -0.470. The second-order valence-electron chi connectivity index (χ2n) is 8.99. The molecule has 2 aliphatic heterocycles. The van der Waals surface area contributed by atoms with Gasteiger partial charge >= 0.3 is 14.0 Å². The molecule has 0 radical (unpaired) electrons. The van der Waals surface area contributed by atoms with Gasteiger partial charge in [-0.1, -0.05) is 15.9 Å². The molecule has 3 rings (SSSR count). The van der Waals surface area contributed by atoms with Gasteiger partial charge in [0.05, 0.1) is 22.4 Å². The van der Waals surface area contributed by atoms with Crippen LogP contribution in [0.1, 0.15) is 54.0 Å². The Labute approximate surface area is 168 Å². The van der Waals surface area contributed by atoms with Crippen molar-refractivity contribution < 1.29 is 27.4 Å². The molecule has 1 aromatic rings. The van der Waals surface area contributed by atoms with Crippen LogP contribution >= 0.6 is 15.9 Å². The van der Waals surface area contributed by atoms with Gasteiger partial charge in [0.15, 0.2) is 0 Å². The summed E-state index contributed by atoms with van der Waals surface area (Å²) < 4.78 is 53.4. The maximum atomic E-state index is 14.4. The third-order valence-electron chi connectivity index (χ3n) is 6.17. The highest BCUT2D eigenvalue weighted by Crippen LogP contribution is 2.45. The van der Waals surface area contributed by atoms with Crippen molar-refractivity contribution in [2.75, 3.05) is 0 Å². The lowest BCUT2D eigenvalue weighted by atomic mass is 9.49. The minimum atomic E-state index is -0.975. The smallest absolute Gasteiger partial charge is 0.405 e. The fourth-order valence-electron chi connectivity index (χ4n) is 3.28. The minimum absolute atomic E-state index is 0.0148. The van der Waals surface area contributed by atoms with Crippen molar-refractivity contribution in [3.63, 3.8) is 0 Å². The van der Waals surface area contributed by atoms with Crippen LogP contribution in [-0.2, 0) is 25.0 Å². The van der Waals surface area contributed by atoms with E-state index in [1.165, 1.54) is 12.1 Å². The first-order valence-corrected chi connectivity index (χ1v) is 9.81. The van der Waals surface area contributed by atoms with E-state index in [1.54, 1.807) is 6.92 Å². The molecule has 2 aliphatic rings. The third-order valence-corrected chi connectivity index (χ3v) is 6.63. The lowest BCUT2D eigenvalue weighted by molar-refractivity contribution is -0.00987. The summed E-state index contributed by atoms with van der Waals surface area (Å²) in [7, 11) is -1.52. The second-order valence-corrected chi connectivity index (χ2v) is 9.91. The summed E-state index contributed by atoms with van der Waals surface area (Å²) in [6.07, 6.45) is 0.0148. The van der Waals surface area contributed by atoms with Crippen LogP contribution in [0.2, 0.25) is 0 Å². The lowest BCUT2D eigenvalue weighted by Gasteiger charge is -2.36. The standard InChI is InChI=1S/C18H25B2BrF2O4/c1-15(2)16(3,4)25-19(24-15)20-26-17(5,6)18(7,27-20)10-12-13(22)8-11(21)9-14(12)23/h8-9H,10H2,1-7H3. The molecule has 0 saturated carbocycles. The molecule has 0 aliphatic carbocycles. The molecule has 0 N–H and O–H groups in total. The fraction of sp³-hybridized carbons (Fsp3) is 0.667. The van der Waals surface area contributed by atoms with Crippen LogP contribution in [-0.4, -0.2) is 36.4 Å². The van der Waals surface area contributed by atoms with Gasteiger partial charge in [0, 0.05) is 16.5 Å². The van der Waals surface area contributed by atoms with Crippen molar-refractivity contribution in [2.24, 2.45) is 0 Å². The van der Waals surface area contributed by atoms with Gasteiger partial charge in [-0.15, -0.1) is 0 Å². The molecule has 4 nitrogen and oxygen atoms in total. The Bertz CT molecular complexity index is 720. The number of halogens is 3. The summed E-state index contributed by atoms with van der Waals surface area (Å²) in [6, 6.07) is 2.49. The Kier molecular flexibility index (Phi) is 5.13. The maximum Gasteiger partial charge on any atom is 0.489 e. The van der Waals surface area contributed by atoms with E-state index in [2.05, 4.69) is 15.9 Å². The van der Waals surface area contributed by atoms with Crippen LogP contribution in [0.4, 0.5) is 8.78 Å². The third kappa shape index (κ3) is 3.62. The van der Waals surface area contributed by atoms with E-state index in [1.807, 2.05) is 41.5 Å². The highest BCUT2D eigenvalue weighted by molar-refractivity contribution is 9.10. The number of rotatable bonds is 3. The van der Waals surface area contributed by atoms with E-state index < -0.39 is 48.1 Å². The largest absolute Gasteiger partial charge is 0.489 e. The molecule has 2 fully saturated rings. The molecule has 1 unspecified atom stereocenters. The van der Waals surface area contributed by atoms with Gasteiger partial charge in [0.1, 0.15) is 11.6 Å². The van der Waals surface area contributed by atoms with Crippen LogP contribution in [0.25, 0.3) is 0 Å². The van der Waals surface area contributed by atoms with Gasteiger partial charge < -0.3 is 18.6 Å². The van der Waals surface area contributed by atoms with Gasteiger partial charge in [0.25, 0.3) is 0 Å². The van der Waals surface area contributed by atoms with Crippen molar-refractivity contribution in [1.82, 2.24) is 0 Å². The van der Waals surface area contributed by atoms with E-state index in [0.29, 0.717) is 4.47 Å². The highest BCUT2D eigenvalue weighted by atomic mass is 79.9. The molecule has 2 heterocycles. The first-order valence-electron chi connectivity index (χ1n) is 9.02. The van der Waals surface area contributed by atoms with Gasteiger partial charge in [-0.05, 0) is 60.6 Å². The zero-order valence-corrected chi connectivity index (χ0v) is 18.4. The zero-order chi connectivity index (χ0) is 20.4. The van der Waals surface area contributed by atoms with E-state index in [4.69, 9.17) is 18.6 Å². The summed E-state index contributed by atoms with van der Waals surface area (Å²) >= 11 is 3.10. The lowest BCUT2D eigenvalue weighted by Crippen LogP contribution is -2.47. The predicted octanol–water partition coefficient (Wildman–Crippen LogP) is 4.51. The minimum Gasteiger partial charge on any atom is -0.405 e. The second kappa shape index (κ2) is 6.52. The normalized spacial score (nSPS) is 28.8. The molecule has 27 heavy (non-hydrogen) atoms. The molecule has 0 spiro atoms. The molecular weight excluding hydrogens is 420 g/mol. The van der Waals surface area contributed by atoms with E-state index >= 15 is 0 Å². The number of hydrogen-bond acceptors (Lipinski definition) is 4. The van der Waals surface area contributed by atoms with E-state index in [0.717, 1.165) is 0 Å². The summed E-state index contributed by atoms with van der Waals surface area (Å²) in [5.74, 6) is -1.25. The summed E-state index contributed by atoms with van der Waals surface area (Å²) in [5.41, 5.74) is -2.88. The maximum absolute atomic E-state index is 14.4. The van der Waals surface area contributed by atoms with Crippen LogP contribution in [0, 0.1) is 11.6 Å². The summed E-state index contributed by atoms with van der Waals surface area (Å²) in [5, 5.41) is 0. The van der Waals surface area contributed by atoms with Crippen molar-refractivity contribution in [3.05, 3.63) is 33.8 Å². The number of benzene rings is 1. The fourth-order valence-corrected chi connectivity index (χ4v) is 3.68. The molecule has 9 heteroatoms. The van der Waals surface area contributed by atoms with E-state index in [-0.39, 0.29) is 12.0 Å². The molecule has 1 aromatic carbocycles. The molecule has 148 valence electrons. The molecule has 0 amide bonds. The Morgan fingerprint density at radius 3 is 1.67 bits per heavy atom. The Morgan fingerprint density at radius 2 is 1.19 bits per heavy atom. The first-order chi connectivity index (χ1) is 12.2. The summed E-state index contributed by atoms with van der Waals surface area (Å²) in [6.45, 7) is 13.2. The average Bonchev–Trinajstić information content (AvgIpc) is 2.84. The van der Waals surface area contributed by atoms with Crippen LogP contribution in [0.3, 0.4) is 0 Å². The van der Waals surface area contributed by atoms with Crippen molar-refractivity contribution >= 4 is 29.9 Å². The van der Waals surface area contributed by atoms with Gasteiger partial charge in [-0.3, -0.25) is 0 Å². The quantitative estimate of drug-likeness (QED) is 0.643. The van der Waals surface area contributed by atoms with Gasteiger partial charge in [0.2, 0.25) is 0 Å². The average molecular weight is 445 g/mol. The molecule has 1 atom stereocenters. The summed E-state index contributed by atoms with van der Waals surface area (Å²) in [4.78, 5) is 0. The first kappa shape index (κ1) is 21.2. The molecular formula is C18H25B2BrF2O4. The molecule has 2 saturated heterocycles. The van der Waals surface area contributed by atoms with Crippen molar-refractivity contribution in [2.45, 2.75) is 77.3 Å². The van der Waals surface area contributed by atoms with Crippen LogP contribution in [0.15, 0.2) is 16.6 Å². The van der Waals surface area contributed by atoms with Crippen LogP contribution in [0.5, 0.6) is 0 Å².